The van der Waals surface area contributed by atoms with Crippen LogP contribution in [0.3, 0.4) is 0 Å². The number of hydrogen-bond acceptors (Lipinski definition) is 2. The van der Waals surface area contributed by atoms with Gasteiger partial charge >= 0.3 is 0 Å². The lowest BCUT2D eigenvalue weighted by molar-refractivity contribution is 0.580. The Morgan fingerprint density at radius 1 is 1.48 bits per heavy atom. The zero-order valence-corrected chi connectivity index (χ0v) is 11.3. The molecule has 0 saturated carbocycles. The highest BCUT2D eigenvalue weighted by atomic mass is 19.1. The quantitative estimate of drug-likeness (QED) is 0.481. The number of benzene rings is 1. The van der Waals surface area contributed by atoms with Crippen LogP contribution in [0.25, 0.3) is 27.4 Å². The van der Waals surface area contributed by atoms with Crippen molar-refractivity contribution < 1.29 is 8.78 Å². The van der Waals surface area contributed by atoms with Gasteiger partial charge in [-0.15, -0.1) is 0 Å². The highest BCUT2D eigenvalue weighted by molar-refractivity contribution is 5.82. The van der Waals surface area contributed by atoms with Gasteiger partial charge in [0.2, 0.25) is 0 Å². The van der Waals surface area contributed by atoms with Crippen LogP contribution in [0, 0.1) is 11.6 Å². The molecule has 0 aliphatic rings. The van der Waals surface area contributed by atoms with Gasteiger partial charge in [-0.1, -0.05) is 17.3 Å². The Bertz CT molecular complexity index is 820. The first-order valence-corrected chi connectivity index (χ1v) is 6.28. The predicted octanol–water partition coefficient (Wildman–Crippen LogP) is 3.62. The number of pyridine rings is 1. The Kier molecular flexibility index (Phi) is 4.35. The number of fused-ring (bicyclic) bond motifs is 1. The maximum atomic E-state index is 14.5. The highest BCUT2D eigenvalue weighted by Crippen LogP contribution is 2.23. The van der Waals surface area contributed by atoms with E-state index in [-0.39, 0.29) is 23.0 Å². The number of aryl methyl sites for hydroxylation is 1. The number of rotatable bonds is 4. The molecule has 0 N–H and O–H groups in total. The second kappa shape index (κ2) is 6.19. The van der Waals surface area contributed by atoms with Crippen molar-refractivity contribution in [2.24, 2.45) is 5.11 Å². The van der Waals surface area contributed by atoms with E-state index >= 15 is 0 Å². The Balaban J connectivity index is 2.71. The summed E-state index contributed by atoms with van der Waals surface area (Å²) in [4.78, 5) is 14.3. The molecule has 5 nitrogen and oxygen atoms in total. The van der Waals surface area contributed by atoms with E-state index in [1.165, 1.54) is 29.0 Å². The second-order valence-electron chi connectivity index (χ2n) is 4.26. The van der Waals surface area contributed by atoms with E-state index in [0.29, 0.717) is 6.54 Å². The molecule has 0 fully saturated rings. The monoisotopic (exact) mass is 290 g/mol. The van der Waals surface area contributed by atoms with Crippen LogP contribution in [0.5, 0.6) is 0 Å². The molecule has 0 aliphatic heterocycles. The van der Waals surface area contributed by atoms with Crippen LogP contribution in [-0.4, -0.2) is 11.1 Å². The van der Waals surface area contributed by atoms with Gasteiger partial charge in [-0.25, -0.2) is 8.78 Å². The molecule has 1 aromatic heterocycles. The zero-order valence-electron chi connectivity index (χ0n) is 11.3. The van der Waals surface area contributed by atoms with E-state index in [1.54, 1.807) is 6.92 Å². The first-order valence-electron chi connectivity index (χ1n) is 6.28. The van der Waals surface area contributed by atoms with Gasteiger partial charge in [0.1, 0.15) is 5.82 Å². The molecule has 108 valence electrons. The lowest BCUT2D eigenvalue weighted by Crippen LogP contribution is -2.10. The summed E-state index contributed by atoms with van der Waals surface area (Å²) < 4.78 is 30.0. The highest BCUT2D eigenvalue weighted by Gasteiger charge is 2.15. The molecular formula is C14H12F2N4O. The fourth-order valence-electron chi connectivity index (χ4n) is 2.08. The second-order valence-corrected chi connectivity index (χ2v) is 4.26. The fraction of sp³-hybridized carbons (Fsp3) is 0.214. The van der Waals surface area contributed by atoms with E-state index in [1.807, 2.05) is 0 Å². The molecule has 0 aliphatic carbocycles. The topological polar surface area (TPSA) is 70.8 Å². The third kappa shape index (κ3) is 2.78. The van der Waals surface area contributed by atoms with E-state index in [2.05, 4.69) is 10.0 Å². The summed E-state index contributed by atoms with van der Waals surface area (Å²) in [5.74, 6) is -1.63. The summed E-state index contributed by atoms with van der Waals surface area (Å²) in [5.41, 5.74) is 7.52. The summed E-state index contributed by atoms with van der Waals surface area (Å²) in [7, 11) is 0. The summed E-state index contributed by atoms with van der Waals surface area (Å²) >= 11 is 0. The molecule has 2 rings (SSSR count). The van der Waals surface area contributed by atoms with Gasteiger partial charge in [-0.05, 0) is 18.5 Å². The minimum Gasteiger partial charge on any atom is -0.345 e. The summed E-state index contributed by atoms with van der Waals surface area (Å²) in [6.07, 6.45) is 4.03. The average Bonchev–Trinajstić information content (AvgIpc) is 2.47. The van der Waals surface area contributed by atoms with Gasteiger partial charge in [-0.3, -0.25) is 4.79 Å². The molecule has 21 heavy (non-hydrogen) atoms. The normalized spacial score (nSPS) is 11.0. The molecule has 2 aromatic rings. The molecule has 0 atom stereocenters. The molecule has 0 amide bonds. The number of halogens is 2. The van der Waals surface area contributed by atoms with Gasteiger partial charge in [-0.2, -0.15) is 0 Å². The standard InChI is InChI=1S/C14H12F2N4O/c1-2-20-7-5-12(21)10-8-11(15)9(13(16)14(10)20)4-3-6-18-19-17/h3-5,7-8H,2,6H2,1H3. The minimum absolute atomic E-state index is 0.00143. The van der Waals surface area contributed by atoms with Gasteiger partial charge < -0.3 is 4.57 Å². The van der Waals surface area contributed by atoms with Crippen molar-refractivity contribution in [1.29, 1.82) is 0 Å². The Labute approximate surface area is 118 Å². The lowest BCUT2D eigenvalue weighted by atomic mass is 10.1. The number of nitrogens with zero attached hydrogens (tertiary/aromatic N) is 4. The summed E-state index contributed by atoms with van der Waals surface area (Å²) in [5, 5.41) is 3.25. The van der Waals surface area contributed by atoms with Crippen molar-refractivity contribution in [1.82, 2.24) is 4.57 Å². The van der Waals surface area contributed by atoms with Gasteiger partial charge in [0.25, 0.3) is 0 Å². The first kappa shape index (κ1) is 14.7. The molecule has 0 unspecified atom stereocenters. The smallest absolute Gasteiger partial charge is 0.189 e. The van der Waals surface area contributed by atoms with Crippen LogP contribution in [0.15, 0.2) is 34.3 Å². The first-order chi connectivity index (χ1) is 10.1. The third-order valence-electron chi connectivity index (χ3n) is 3.06. The zero-order chi connectivity index (χ0) is 15.4. The van der Waals surface area contributed by atoms with Crippen LogP contribution < -0.4 is 5.43 Å². The van der Waals surface area contributed by atoms with Gasteiger partial charge in [0.05, 0.1) is 10.9 Å². The van der Waals surface area contributed by atoms with Gasteiger partial charge in [0, 0.05) is 35.8 Å². The third-order valence-corrected chi connectivity index (χ3v) is 3.06. The fourth-order valence-corrected chi connectivity index (χ4v) is 2.08. The van der Waals surface area contributed by atoms with E-state index in [9.17, 15) is 13.6 Å². The number of aromatic nitrogens is 1. The number of hydrogen-bond donors (Lipinski definition) is 0. The van der Waals surface area contributed by atoms with Crippen molar-refractivity contribution in [3.05, 3.63) is 62.3 Å². The largest absolute Gasteiger partial charge is 0.345 e. The average molecular weight is 290 g/mol. The maximum Gasteiger partial charge on any atom is 0.189 e. The molecule has 1 aromatic carbocycles. The molecular weight excluding hydrogens is 278 g/mol. The molecule has 0 spiro atoms. The van der Waals surface area contributed by atoms with Crippen LogP contribution in [0.4, 0.5) is 8.78 Å². The molecule has 0 radical (unpaired) electrons. The van der Waals surface area contributed by atoms with E-state index < -0.39 is 17.1 Å². The molecule has 7 heteroatoms. The predicted molar refractivity (Wildman–Crippen MR) is 76.8 cm³/mol. The van der Waals surface area contributed by atoms with Crippen LogP contribution in [-0.2, 0) is 6.54 Å². The minimum atomic E-state index is -0.830. The molecule has 0 saturated heterocycles. The molecule has 0 bridgehead atoms. The van der Waals surface area contributed by atoms with Crippen molar-refractivity contribution in [2.45, 2.75) is 13.5 Å². The SMILES string of the molecule is CCn1ccc(=O)c2cc(F)c(C=CCN=[N+]=[N-])c(F)c21. The lowest BCUT2D eigenvalue weighted by Gasteiger charge is -2.11. The van der Waals surface area contributed by atoms with E-state index in [4.69, 9.17) is 5.53 Å². The maximum absolute atomic E-state index is 14.5. The van der Waals surface area contributed by atoms with Crippen molar-refractivity contribution in [3.8, 4) is 0 Å². The molecule has 1 heterocycles. The van der Waals surface area contributed by atoms with Crippen molar-refractivity contribution in [3.63, 3.8) is 0 Å². The van der Waals surface area contributed by atoms with Crippen LogP contribution >= 0.6 is 0 Å². The van der Waals surface area contributed by atoms with Crippen LogP contribution in [0.2, 0.25) is 0 Å². The van der Waals surface area contributed by atoms with Gasteiger partial charge in [0.15, 0.2) is 11.2 Å². The van der Waals surface area contributed by atoms with Crippen molar-refractivity contribution >= 4 is 17.0 Å². The van der Waals surface area contributed by atoms with Crippen molar-refractivity contribution in [2.75, 3.05) is 6.54 Å². The Hall–Kier alpha value is -2.66. The Morgan fingerprint density at radius 2 is 2.24 bits per heavy atom. The summed E-state index contributed by atoms with van der Waals surface area (Å²) in [6.45, 7) is 2.23. The Morgan fingerprint density at radius 3 is 2.90 bits per heavy atom. The number of azide groups is 1. The van der Waals surface area contributed by atoms with E-state index in [0.717, 1.165) is 6.07 Å². The summed E-state index contributed by atoms with van der Waals surface area (Å²) in [6, 6.07) is 2.31. The van der Waals surface area contributed by atoms with Crippen LogP contribution in [0.1, 0.15) is 12.5 Å².